The van der Waals surface area contributed by atoms with Gasteiger partial charge >= 0.3 is 11.9 Å². The smallest absolute Gasteiger partial charge is 0.310 e. The molecule has 21 N–H and O–H groups in total. The van der Waals surface area contributed by atoms with Gasteiger partial charge in [0.15, 0.2) is 62.6 Å². The molecule has 0 saturated carbocycles. The van der Waals surface area contributed by atoms with Gasteiger partial charge in [-0.25, -0.2) is 25.2 Å². The SMILES string of the molecule is CC(=O)OC(C)=O.CC(C)(C)C(=O)CCl.CC(C)(C)C1=NNC(=NN)SC1.CC(N)c1nnc2cc(C(C)(C)C)[nH]n12.CC(c1nnc2cc(C(C)(C)C)[nH]n12)N1C(=O)c2ccccc2C1=O.CC(c1nnc2n1N=C(C(C)(C)C)CS2)N1C(=O)c2ccccc2C1=O.CCCCCCCCCCCCCCCCCCOc1ccc([N+](=O)[O-])cc1OCNC(C)c1nnc2cc(C(C)(C)C)[nH]n12.Cl.Cl.Cl.NN.NNC(=S)NN.O. The predicted octanol–water partition coefficient (Wildman–Crippen LogP) is 17.0. The molecule has 3 aromatic carbocycles. The number of nitro benzene ring substituents is 1. The topological polar surface area (TPSA) is 638 Å². The van der Waals surface area contributed by atoms with Gasteiger partial charge in [0.05, 0.1) is 81.3 Å². The number of amidine groups is 1. The molecule has 0 fully saturated rings. The summed E-state index contributed by atoms with van der Waals surface area (Å²) in [6.45, 7) is 50.2. The van der Waals surface area contributed by atoms with Gasteiger partial charge in [-0.2, -0.15) is 20.0 Å². The van der Waals surface area contributed by atoms with E-state index in [0.717, 1.165) is 75.8 Å². The van der Waals surface area contributed by atoms with Crippen LogP contribution in [-0.2, 0) is 35.4 Å². The maximum atomic E-state index is 12.7. The number of H-pyrrole nitrogens is 3. The van der Waals surface area contributed by atoms with E-state index in [1.165, 1.54) is 126 Å². The molecule has 0 bridgehead atoms. The number of ketones is 1. The molecule has 0 aliphatic carbocycles. The molecule has 0 saturated heterocycles. The molecule has 834 valence electrons. The van der Waals surface area contributed by atoms with Crippen molar-refractivity contribution >= 4 is 170 Å². The highest BCUT2D eigenvalue weighted by atomic mass is 35.5. The number of unbranched alkanes of at least 4 members (excludes halogenated alkanes) is 15. The summed E-state index contributed by atoms with van der Waals surface area (Å²) in [5.41, 5.74) is 21.9. The zero-order valence-electron chi connectivity index (χ0n) is 91.0. The summed E-state index contributed by atoms with van der Waals surface area (Å²) in [7, 11) is 0. The molecule has 44 nitrogen and oxygen atoms in total. The van der Waals surface area contributed by atoms with E-state index < -0.39 is 28.9 Å². The van der Waals surface area contributed by atoms with Crippen molar-refractivity contribution in [3.8, 4) is 11.5 Å². The van der Waals surface area contributed by atoms with Gasteiger partial charge in [-0.05, 0) is 76.7 Å². The van der Waals surface area contributed by atoms with E-state index in [0.29, 0.717) is 68.0 Å². The number of thioether (sulfide) groups is 2. The van der Waals surface area contributed by atoms with Crippen molar-refractivity contribution < 1.29 is 58.2 Å². The lowest BCUT2D eigenvalue weighted by molar-refractivity contribution is -0.385. The highest BCUT2D eigenvalue weighted by Crippen LogP contribution is 2.38. The van der Waals surface area contributed by atoms with E-state index >= 15 is 0 Å². The summed E-state index contributed by atoms with van der Waals surface area (Å²) in [5.74, 6) is 25.5. The molecule has 150 heavy (non-hydrogen) atoms. The third-order valence-corrected chi connectivity index (χ3v) is 25.5. The zero-order valence-corrected chi connectivity index (χ0v) is 96.6. The number of nitrogens with two attached hydrogens (primary N) is 6. The molecule has 4 aliphatic heterocycles. The second kappa shape index (κ2) is 62.7. The predicted molar refractivity (Wildman–Crippen MR) is 602 cm³/mol. The van der Waals surface area contributed by atoms with Gasteiger partial charge in [-0.1, -0.05) is 276 Å². The standard InChI is InChI=1S/C35H58N6O4.C18H19N5O2S.C18H19N5O2.C10H17N5.C7H14N4S.C6H11ClO.C4H6O3.CH6N4S.3ClH.H4N2.H2O/c1-6-7-8-9-10-11-12-13-14-15-16-17-18-19-20-21-24-44-30-23-22-29(41(42)43)25-31(30)45-27-36-28(2)34-38-37-33-26-32(35(3,4)5)39-40(33)34;1-10(22-15(24)11-7-5-6-8-12(11)16(22)25)14-19-20-17-23(14)21-13(9-26-17)18(2,3)4;1-10(22-16(24)11-7-5-6-8-12(11)17(22)25)15-20-19-14-9-13(18(2,3)4)21-23(14)15;1-6(11)9-13-12-8-5-7(10(2,3)4)14-15(8)9;1-7(2,3)5-4-12-6(9-8)11-10-5;1-6(2,3)5(8)4-7;1-3(5)7-4(2)6;2-4-1(6)5-3;;;;1-2;/h22-23,25-26,28,36,39H,6-21,24,27H2,1-5H3;5-8,10H,9H2,1-4H3;5-10,21H,1-4H3;5-6,14H,11H2,1-4H3;4,8H2,1-3H3,(H,9,11);4H2,1-3H3;1-2H3;2-3H2,(H2,4,5,6);3*1H;1-2H2;1H2. The number of rotatable bonds is 30. The number of thiocarbonyl (C=S) groups is 1. The normalized spacial score (nSPS) is 14.0. The van der Waals surface area contributed by atoms with Crippen LogP contribution in [0.3, 0.4) is 0 Å². The monoisotopic (exact) mass is 2230 g/mol. The van der Waals surface area contributed by atoms with Crippen molar-refractivity contribution in [2.75, 3.05) is 30.7 Å². The lowest BCUT2D eigenvalue weighted by Crippen LogP contribution is -2.43. The van der Waals surface area contributed by atoms with E-state index in [4.69, 9.17) is 49.4 Å². The number of hydrogen-bond acceptors (Lipinski definition) is 33. The van der Waals surface area contributed by atoms with Gasteiger partial charge in [0, 0.05) is 99.2 Å². The van der Waals surface area contributed by atoms with Crippen molar-refractivity contribution in [3.63, 3.8) is 0 Å². The maximum Gasteiger partial charge on any atom is 0.310 e. The van der Waals surface area contributed by atoms with Crippen LogP contribution in [0.5, 0.6) is 11.5 Å². The van der Waals surface area contributed by atoms with Crippen LogP contribution < -0.4 is 66.0 Å². The summed E-state index contributed by atoms with van der Waals surface area (Å²) < 4.78 is 23.1. The average Bonchev–Trinajstić information content (AvgIpc) is 1.59. The molecule has 11 heterocycles. The first-order chi connectivity index (χ1) is 68.6. The van der Waals surface area contributed by atoms with Gasteiger partial charge in [0.1, 0.15) is 6.73 Å². The number of nitrogens with zero attached hydrogens (tertiary/aromatic N) is 18. The van der Waals surface area contributed by atoms with E-state index in [-0.39, 0.29) is 140 Å². The third-order valence-electron chi connectivity index (χ3n) is 23.2. The minimum Gasteiger partial charge on any atom is -0.490 e. The number of fused-ring (bicyclic) bond motifs is 6. The molecule has 0 spiro atoms. The fourth-order valence-electron chi connectivity index (χ4n) is 14.3. The second-order valence-corrected chi connectivity index (χ2v) is 43.9. The number of carbonyl (C=O) groups is 7. The largest absolute Gasteiger partial charge is 0.490 e. The molecule has 4 amide bonds. The molecule has 4 aliphatic rings. The third kappa shape index (κ3) is 39.8. The Balaban J connectivity index is 0.000000626. The van der Waals surface area contributed by atoms with Crippen LogP contribution >= 0.6 is 84.6 Å². The Hall–Kier alpha value is -11.2. The van der Waals surface area contributed by atoms with Crippen molar-refractivity contribution in [2.45, 2.75) is 321 Å². The van der Waals surface area contributed by atoms with Crippen molar-refractivity contribution in [3.05, 3.63) is 158 Å². The number of non-ortho nitro benzene ring substituents is 1. The lowest BCUT2D eigenvalue weighted by Gasteiger charge is -2.26. The van der Waals surface area contributed by atoms with Crippen LogP contribution in [0.25, 0.3) is 16.9 Å². The highest BCUT2D eigenvalue weighted by Gasteiger charge is 2.43. The number of hydrazine groups is 3. The minimum absolute atomic E-state index is 0. The summed E-state index contributed by atoms with van der Waals surface area (Å²) in [5, 5.41) is 72.1. The number of carbonyl (C=O) groups excluding carboxylic acids is 7. The second-order valence-electron chi connectivity index (χ2n) is 41.4. The number of amides is 4. The number of hydrazone groups is 2. The molecular formula is C99H159Cl4N31O13S3. The summed E-state index contributed by atoms with van der Waals surface area (Å²) in [6, 6.07) is 22.8. The Labute approximate surface area is 915 Å². The number of Topliss-reactive ketones (excluding diaryl/α,β-unsaturated/α-hetero) is 1. The van der Waals surface area contributed by atoms with Crippen molar-refractivity contribution in [2.24, 2.45) is 66.5 Å². The van der Waals surface area contributed by atoms with Crippen LogP contribution in [0.1, 0.15) is 382 Å². The quantitative estimate of drug-likeness (QED) is 0.00190. The number of nitrogens with one attached hydrogen (secondary N) is 7. The van der Waals surface area contributed by atoms with E-state index in [1.807, 2.05) is 61.8 Å². The van der Waals surface area contributed by atoms with Crippen molar-refractivity contribution in [1.29, 1.82) is 0 Å². The molecule has 10 aromatic rings. The van der Waals surface area contributed by atoms with Gasteiger partial charge < -0.3 is 31.3 Å². The highest BCUT2D eigenvalue weighted by molar-refractivity contribution is 8.14. The maximum absolute atomic E-state index is 12.7. The van der Waals surface area contributed by atoms with Gasteiger partial charge in [-0.3, -0.25) is 102 Å². The van der Waals surface area contributed by atoms with Crippen LogP contribution in [0.4, 0.5) is 5.69 Å². The number of esters is 2. The first-order valence-electron chi connectivity index (χ1n) is 48.9. The Morgan fingerprint density at radius 1 is 0.527 bits per heavy atom. The molecule has 0 radical (unpaired) electrons. The molecule has 51 heteroatoms. The summed E-state index contributed by atoms with van der Waals surface area (Å²) in [6.07, 6.45) is 21.1. The van der Waals surface area contributed by atoms with Gasteiger partial charge in [0.2, 0.25) is 10.3 Å². The number of halogens is 4. The minimum atomic E-state index is -0.563. The van der Waals surface area contributed by atoms with E-state index in [2.05, 4.69) is 227 Å². The number of imide groups is 2. The van der Waals surface area contributed by atoms with E-state index in [1.54, 1.807) is 101 Å². The van der Waals surface area contributed by atoms with E-state index in [9.17, 15) is 43.7 Å². The fraction of sp³-hybridized carbons (Fsp3) is 0.566. The number of aromatic nitrogens is 15. The first kappa shape index (κ1) is 135. The van der Waals surface area contributed by atoms with Crippen LogP contribution in [-0.4, -0.2) is 188 Å². The fourth-order valence-corrected chi connectivity index (χ4v) is 16.8. The molecule has 14 rings (SSSR count). The number of ether oxygens (including phenoxy) is 3. The van der Waals surface area contributed by atoms with Crippen molar-refractivity contribution in [1.82, 2.24) is 106 Å². The summed E-state index contributed by atoms with van der Waals surface area (Å²) in [4.78, 5) is 94.6. The number of hydrogen-bond donors (Lipinski definition) is 13. The number of aromatic amines is 3. The number of alkyl halides is 1. The molecule has 4 unspecified atom stereocenters. The Bertz CT molecular complexity index is 6000. The zero-order chi connectivity index (χ0) is 109. The Kier molecular flexibility index (Phi) is 56.4. The Morgan fingerprint density at radius 2 is 0.907 bits per heavy atom. The van der Waals surface area contributed by atoms with Crippen LogP contribution in [0.2, 0.25) is 0 Å². The van der Waals surface area contributed by atoms with Crippen LogP contribution in [0, 0.1) is 26.4 Å². The average molecular weight is 2230 g/mol. The van der Waals surface area contributed by atoms with Gasteiger partial charge in [-0.15, -0.1) is 89.6 Å². The van der Waals surface area contributed by atoms with Crippen LogP contribution in [0.15, 0.2) is 105 Å². The number of nitro groups is 1. The lowest BCUT2D eigenvalue weighted by atomic mass is 9.91. The molecule has 7 aromatic heterocycles. The molecule has 4 atom stereocenters. The molecular weight excluding hydrogens is 2070 g/mol. The summed E-state index contributed by atoms with van der Waals surface area (Å²) >= 11 is 12.8. The van der Waals surface area contributed by atoms with Gasteiger partial charge in [0.25, 0.3) is 29.3 Å². The Morgan fingerprint density at radius 3 is 1.25 bits per heavy atom. The first-order valence-corrected chi connectivity index (χ1v) is 51.8. The number of benzene rings is 3.